The van der Waals surface area contributed by atoms with Gasteiger partial charge < -0.3 is 62.5 Å². The van der Waals surface area contributed by atoms with Crippen molar-refractivity contribution in [3.05, 3.63) is 179 Å². The van der Waals surface area contributed by atoms with Crippen molar-refractivity contribution >= 4 is 47.9 Å². The number of carbonyl (C=O) groups is 8. The first kappa shape index (κ1) is 69.7. The number of rotatable bonds is 33. The number of urea groups is 1. The Hall–Kier alpha value is -9.60. The second-order valence-corrected chi connectivity index (χ2v) is 24.8. The van der Waals surface area contributed by atoms with E-state index in [1.54, 1.807) is 18.7 Å². The molecule has 0 spiro atoms. The number of alkyl carbamates (subject to hydrolysis) is 1. The molecule has 9 amide bonds. The van der Waals surface area contributed by atoms with Gasteiger partial charge in [-0.3, -0.25) is 24.1 Å². The SMILES string of the molecule is CC(=O)N[C@@H](CCCCNC(=O)OCC1c2ccccc2-c2ccccc21)C(=O)N[C@H](C(=O)N[C@@H](CCCN)C(=O)N(CCCN(CCCCN(CCCN)C(=O)OCC1c2ccccc2-c2ccccc21)C(=O)OCC1c2ccccc2-c2ccccc21)C(N)=O)C(C)C. The second kappa shape index (κ2) is 34.0. The van der Waals surface area contributed by atoms with E-state index in [-0.39, 0.29) is 96.0 Å². The molecule has 0 saturated heterocycles. The standard InChI is InChI=1S/C74H90N10O11/c1-48(2)67(81-68(86)65(79-49(3)85)35-16-17-39-78-72(90)93-45-62-56-29-10-4-23-50(56)51-24-5-11-30-57(51)62)69(87)80-66(36-20-37-75)70(88)84(71(77)89)44-22-43-83(74(92)95-47-64-60-33-14-8-27-54(60)55-28-9-15-34-61(55)64)41-19-18-40-82(42-21-38-76)73(91)94-46-63-58-31-12-6-25-52(58)53-26-7-13-32-59(53)63/h4-15,23-34,48,62-67H,16-22,35-47,75-76H2,1-3H3,(H2,77,89)(H,78,90)(H,79,85)(H,80,87)(H,81,86)/t65-,66-,67-/m0/s1. The summed E-state index contributed by atoms with van der Waals surface area (Å²) in [7, 11) is 0. The second-order valence-electron chi connectivity index (χ2n) is 24.8. The summed E-state index contributed by atoms with van der Waals surface area (Å²) in [6.45, 7) is 6.48. The van der Waals surface area contributed by atoms with E-state index >= 15 is 0 Å². The monoisotopic (exact) mass is 1290 g/mol. The number of hydrogen-bond donors (Lipinski definition) is 7. The van der Waals surface area contributed by atoms with E-state index in [0.29, 0.717) is 51.7 Å². The van der Waals surface area contributed by atoms with Gasteiger partial charge in [-0.25, -0.2) is 19.2 Å². The van der Waals surface area contributed by atoms with Crippen LogP contribution in [0.15, 0.2) is 146 Å². The van der Waals surface area contributed by atoms with Crippen LogP contribution < -0.4 is 38.5 Å². The molecule has 21 heteroatoms. The maximum atomic E-state index is 14.5. The number of unbranched alkanes of at least 4 members (excludes halogenated alkanes) is 2. The number of primary amides is 1. The van der Waals surface area contributed by atoms with E-state index in [4.69, 9.17) is 31.4 Å². The van der Waals surface area contributed by atoms with E-state index in [1.165, 1.54) is 11.8 Å². The average molecular weight is 1300 g/mol. The molecule has 6 aromatic rings. The molecule has 3 aliphatic carbocycles. The molecule has 21 nitrogen and oxygen atoms in total. The summed E-state index contributed by atoms with van der Waals surface area (Å²) in [5, 5.41) is 11.0. The van der Waals surface area contributed by atoms with Crippen molar-refractivity contribution in [1.82, 2.24) is 36.0 Å². The summed E-state index contributed by atoms with van der Waals surface area (Å²) in [6, 6.07) is 43.8. The third-order valence-corrected chi connectivity index (χ3v) is 18.1. The minimum absolute atomic E-state index is 0.0203. The van der Waals surface area contributed by atoms with Gasteiger partial charge in [0.2, 0.25) is 17.7 Å². The molecule has 0 aromatic heterocycles. The van der Waals surface area contributed by atoms with Crippen molar-refractivity contribution in [2.45, 2.75) is 114 Å². The Morgan fingerprint density at radius 2 is 0.832 bits per heavy atom. The summed E-state index contributed by atoms with van der Waals surface area (Å²) in [6.07, 6.45) is 1.19. The number of nitrogens with two attached hydrogens (primary N) is 3. The Balaban J connectivity index is 0.796. The molecular formula is C74H90N10O11. The molecule has 0 saturated carbocycles. The lowest BCUT2D eigenvalue weighted by Gasteiger charge is -2.30. The number of amides is 9. The van der Waals surface area contributed by atoms with Crippen LogP contribution in [0.1, 0.15) is 130 Å². The number of benzene rings is 6. The van der Waals surface area contributed by atoms with Crippen LogP contribution in [-0.2, 0) is 33.4 Å². The first-order valence-electron chi connectivity index (χ1n) is 33.3. The molecule has 0 heterocycles. The summed E-state index contributed by atoms with van der Waals surface area (Å²) in [5.74, 6) is -3.59. The first-order chi connectivity index (χ1) is 46.1. The van der Waals surface area contributed by atoms with Crippen LogP contribution in [0.4, 0.5) is 19.2 Å². The highest BCUT2D eigenvalue weighted by Gasteiger charge is 2.36. The highest BCUT2D eigenvalue weighted by Crippen LogP contribution is 2.47. The minimum Gasteiger partial charge on any atom is -0.449 e. The summed E-state index contributed by atoms with van der Waals surface area (Å²) >= 11 is 0. The van der Waals surface area contributed by atoms with Crippen LogP contribution >= 0.6 is 0 Å². The predicted octanol–water partition coefficient (Wildman–Crippen LogP) is 9.49. The molecule has 502 valence electrons. The largest absolute Gasteiger partial charge is 0.449 e. The molecule has 0 aliphatic heterocycles. The lowest BCUT2D eigenvalue weighted by Crippen LogP contribution is -2.59. The number of nitrogens with zero attached hydrogens (tertiary/aromatic N) is 3. The summed E-state index contributed by atoms with van der Waals surface area (Å²) in [5.41, 5.74) is 30.9. The number of fused-ring (bicyclic) bond motifs is 9. The van der Waals surface area contributed by atoms with Gasteiger partial charge in [0, 0.05) is 63.9 Å². The minimum atomic E-state index is -1.30. The Morgan fingerprint density at radius 3 is 1.23 bits per heavy atom. The Kier molecular flexibility index (Phi) is 25.0. The van der Waals surface area contributed by atoms with Gasteiger partial charge >= 0.3 is 24.3 Å². The Morgan fingerprint density at radius 1 is 0.442 bits per heavy atom. The highest BCUT2D eigenvalue weighted by molar-refractivity contribution is 5.99. The molecule has 10 N–H and O–H groups in total. The van der Waals surface area contributed by atoms with Crippen LogP contribution in [0.3, 0.4) is 0 Å². The highest BCUT2D eigenvalue weighted by atomic mass is 16.6. The molecule has 3 atom stereocenters. The fourth-order valence-corrected chi connectivity index (χ4v) is 13.2. The van der Waals surface area contributed by atoms with Crippen LogP contribution in [0.2, 0.25) is 0 Å². The lowest BCUT2D eigenvalue weighted by atomic mass is 9.98. The van der Waals surface area contributed by atoms with Crippen LogP contribution in [-0.4, -0.2) is 153 Å². The Labute approximate surface area is 556 Å². The number of ether oxygens (including phenoxy) is 3. The number of carbonyl (C=O) groups excluding carboxylic acids is 8. The molecule has 3 aliphatic rings. The third kappa shape index (κ3) is 17.6. The predicted molar refractivity (Wildman–Crippen MR) is 364 cm³/mol. The van der Waals surface area contributed by atoms with Crippen LogP contribution in [0, 0.1) is 5.92 Å². The summed E-state index contributed by atoms with van der Waals surface area (Å²) < 4.78 is 17.9. The number of nitrogens with one attached hydrogen (secondary N) is 4. The van der Waals surface area contributed by atoms with Crippen molar-refractivity contribution in [1.29, 1.82) is 0 Å². The Bertz CT molecular complexity index is 3540. The van der Waals surface area contributed by atoms with Gasteiger partial charge in [0.25, 0.3) is 5.91 Å². The maximum Gasteiger partial charge on any atom is 0.409 e. The normalized spacial score (nSPS) is 13.5. The lowest BCUT2D eigenvalue weighted by molar-refractivity contribution is -0.136. The third-order valence-electron chi connectivity index (χ3n) is 18.1. The van der Waals surface area contributed by atoms with E-state index in [2.05, 4.69) is 69.8 Å². The molecule has 9 rings (SSSR count). The van der Waals surface area contributed by atoms with Crippen molar-refractivity contribution in [3.63, 3.8) is 0 Å². The van der Waals surface area contributed by atoms with E-state index in [9.17, 15) is 38.4 Å². The van der Waals surface area contributed by atoms with Crippen LogP contribution in [0.5, 0.6) is 0 Å². The fourth-order valence-electron chi connectivity index (χ4n) is 13.2. The van der Waals surface area contributed by atoms with Gasteiger partial charge in [-0.15, -0.1) is 0 Å². The summed E-state index contributed by atoms with van der Waals surface area (Å²) in [4.78, 5) is 114. The van der Waals surface area contributed by atoms with Gasteiger partial charge in [0.05, 0.1) is 0 Å². The van der Waals surface area contributed by atoms with Gasteiger partial charge in [0.1, 0.15) is 37.9 Å². The fraction of sp³-hybridized carbons (Fsp3) is 0.405. The van der Waals surface area contributed by atoms with Crippen LogP contribution in [0.25, 0.3) is 33.4 Å². The van der Waals surface area contributed by atoms with Gasteiger partial charge in [-0.2, -0.15) is 0 Å². The first-order valence-corrected chi connectivity index (χ1v) is 33.3. The zero-order valence-corrected chi connectivity index (χ0v) is 54.6. The van der Waals surface area contributed by atoms with Gasteiger partial charge in [-0.05, 0) is 144 Å². The molecule has 95 heavy (non-hydrogen) atoms. The maximum absolute atomic E-state index is 14.5. The molecule has 0 bridgehead atoms. The van der Waals surface area contributed by atoms with E-state index in [1.807, 2.05) is 97.1 Å². The van der Waals surface area contributed by atoms with Crippen molar-refractivity contribution in [2.24, 2.45) is 23.1 Å². The topological polar surface area (TPSA) is 300 Å². The van der Waals surface area contributed by atoms with E-state index in [0.717, 1.165) is 71.7 Å². The molecule has 6 aromatic carbocycles. The molecule has 0 unspecified atom stereocenters. The van der Waals surface area contributed by atoms with Crippen molar-refractivity contribution in [3.8, 4) is 33.4 Å². The molecule has 0 fully saturated rings. The average Bonchev–Trinajstić information content (AvgIpc) is 1.65. The quantitative estimate of drug-likeness (QED) is 0.0149. The molecule has 0 radical (unpaired) electrons. The van der Waals surface area contributed by atoms with Gasteiger partial charge in [-0.1, -0.05) is 159 Å². The van der Waals surface area contributed by atoms with Gasteiger partial charge in [0.15, 0.2) is 0 Å². The van der Waals surface area contributed by atoms with Crippen molar-refractivity contribution in [2.75, 3.05) is 72.2 Å². The van der Waals surface area contributed by atoms with Crippen molar-refractivity contribution < 1.29 is 52.6 Å². The molecular weight excluding hydrogens is 1200 g/mol. The van der Waals surface area contributed by atoms with E-state index < -0.39 is 72.0 Å². The zero-order chi connectivity index (χ0) is 67.4. The number of hydrogen-bond acceptors (Lipinski definition) is 13. The zero-order valence-electron chi connectivity index (χ0n) is 54.6. The number of imide groups is 1. The smallest absolute Gasteiger partial charge is 0.409 e.